The van der Waals surface area contributed by atoms with Gasteiger partial charge in [0.25, 0.3) is 5.91 Å². The zero-order valence-corrected chi connectivity index (χ0v) is 16.5. The van der Waals surface area contributed by atoms with Crippen LogP contribution in [0, 0.1) is 0 Å². The Morgan fingerprint density at radius 2 is 1.63 bits per heavy atom. The number of methoxy groups -OCH3 is 3. The van der Waals surface area contributed by atoms with Gasteiger partial charge in [-0.05, 0) is 48.0 Å². The van der Waals surface area contributed by atoms with Crippen LogP contribution in [0.15, 0.2) is 41.3 Å². The van der Waals surface area contributed by atoms with Crippen molar-refractivity contribution in [3.63, 3.8) is 0 Å². The Hall–Kier alpha value is -2.71. The zero-order valence-electron chi connectivity index (χ0n) is 14.9. The van der Waals surface area contributed by atoms with Gasteiger partial charge in [-0.3, -0.25) is 9.69 Å². The highest BCUT2D eigenvalue weighted by atomic mass is 32.2. The highest BCUT2D eigenvalue weighted by molar-refractivity contribution is 8.27. The monoisotopic (exact) mass is 403 g/mol. The molecular formula is C19H17NO5S2. The Labute approximate surface area is 166 Å². The fraction of sp³-hybridized carbons (Fsp3) is 0.158. The van der Waals surface area contributed by atoms with Crippen molar-refractivity contribution in [2.24, 2.45) is 0 Å². The van der Waals surface area contributed by atoms with Crippen LogP contribution in [-0.2, 0) is 4.79 Å². The van der Waals surface area contributed by atoms with Crippen molar-refractivity contribution in [3.05, 3.63) is 46.9 Å². The van der Waals surface area contributed by atoms with E-state index in [1.807, 2.05) is 0 Å². The summed E-state index contributed by atoms with van der Waals surface area (Å²) in [6.45, 7) is 0. The number of phenols is 1. The minimum atomic E-state index is -0.232. The number of rotatable bonds is 5. The van der Waals surface area contributed by atoms with Crippen LogP contribution in [0.1, 0.15) is 5.56 Å². The van der Waals surface area contributed by atoms with E-state index in [1.165, 1.54) is 50.1 Å². The van der Waals surface area contributed by atoms with Gasteiger partial charge in [-0.1, -0.05) is 24.0 Å². The van der Waals surface area contributed by atoms with E-state index < -0.39 is 0 Å². The van der Waals surface area contributed by atoms with Crippen LogP contribution in [0.4, 0.5) is 5.69 Å². The minimum Gasteiger partial charge on any atom is -0.508 e. The van der Waals surface area contributed by atoms with Gasteiger partial charge in [-0.15, -0.1) is 0 Å². The first-order valence-corrected chi connectivity index (χ1v) is 9.08. The molecule has 1 heterocycles. The Kier molecular flexibility index (Phi) is 5.57. The summed E-state index contributed by atoms with van der Waals surface area (Å²) in [5.41, 5.74) is 1.32. The van der Waals surface area contributed by atoms with Crippen LogP contribution in [0.2, 0.25) is 0 Å². The van der Waals surface area contributed by atoms with E-state index in [0.29, 0.717) is 32.2 Å². The topological polar surface area (TPSA) is 68.2 Å². The highest BCUT2D eigenvalue weighted by Gasteiger charge is 2.33. The molecule has 0 spiro atoms. The number of carbonyl (C=O) groups is 1. The van der Waals surface area contributed by atoms with Crippen LogP contribution >= 0.6 is 24.0 Å². The Morgan fingerprint density at radius 1 is 1.04 bits per heavy atom. The van der Waals surface area contributed by atoms with Crippen molar-refractivity contribution < 1.29 is 24.1 Å². The third-order valence-corrected chi connectivity index (χ3v) is 5.19. The fourth-order valence-electron chi connectivity index (χ4n) is 2.63. The van der Waals surface area contributed by atoms with Crippen LogP contribution in [0.3, 0.4) is 0 Å². The third kappa shape index (κ3) is 3.72. The minimum absolute atomic E-state index is 0.122. The van der Waals surface area contributed by atoms with Gasteiger partial charge >= 0.3 is 0 Å². The molecule has 2 aromatic carbocycles. The molecule has 1 N–H and O–H groups in total. The first kappa shape index (κ1) is 19.1. The number of aromatic hydroxyl groups is 1. The van der Waals surface area contributed by atoms with Gasteiger partial charge in [0.2, 0.25) is 5.75 Å². The third-order valence-electron chi connectivity index (χ3n) is 3.89. The number of thioether (sulfide) groups is 1. The molecule has 6 nitrogen and oxygen atoms in total. The molecule has 140 valence electrons. The van der Waals surface area contributed by atoms with Gasteiger partial charge < -0.3 is 19.3 Å². The average molecular weight is 403 g/mol. The lowest BCUT2D eigenvalue weighted by atomic mass is 10.1. The van der Waals surface area contributed by atoms with Crippen molar-refractivity contribution in [2.45, 2.75) is 0 Å². The SMILES string of the molecule is COc1cc(/C=C2/SC(=S)N(c3ccc(O)cc3)C2=O)cc(OC)c1OC. The summed E-state index contributed by atoms with van der Waals surface area (Å²) in [6, 6.07) is 9.82. The molecule has 0 aromatic heterocycles. The Balaban J connectivity index is 1.97. The van der Waals surface area contributed by atoms with Gasteiger partial charge in [0.05, 0.1) is 31.9 Å². The van der Waals surface area contributed by atoms with Gasteiger partial charge in [-0.2, -0.15) is 0 Å². The van der Waals surface area contributed by atoms with E-state index in [0.717, 1.165) is 5.56 Å². The number of hydrogen-bond donors (Lipinski definition) is 1. The summed E-state index contributed by atoms with van der Waals surface area (Å²) in [5, 5.41) is 9.43. The quantitative estimate of drug-likeness (QED) is 0.601. The smallest absolute Gasteiger partial charge is 0.270 e. The molecule has 0 radical (unpaired) electrons. The molecule has 1 aliphatic heterocycles. The average Bonchev–Trinajstić information content (AvgIpc) is 2.95. The lowest BCUT2D eigenvalue weighted by molar-refractivity contribution is -0.113. The van der Waals surface area contributed by atoms with E-state index in [1.54, 1.807) is 30.3 Å². The molecule has 27 heavy (non-hydrogen) atoms. The predicted octanol–water partition coefficient (Wildman–Crippen LogP) is 3.82. The van der Waals surface area contributed by atoms with Crippen LogP contribution in [0.5, 0.6) is 23.0 Å². The molecule has 3 rings (SSSR count). The number of nitrogens with zero attached hydrogens (tertiary/aromatic N) is 1. The lowest BCUT2D eigenvalue weighted by Gasteiger charge is -2.14. The van der Waals surface area contributed by atoms with Crippen LogP contribution in [0.25, 0.3) is 6.08 Å². The maximum Gasteiger partial charge on any atom is 0.270 e. The van der Waals surface area contributed by atoms with Gasteiger partial charge in [0.1, 0.15) is 5.75 Å². The number of thiocarbonyl (C=S) groups is 1. The number of anilines is 1. The van der Waals surface area contributed by atoms with E-state index in [9.17, 15) is 9.90 Å². The number of carbonyl (C=O) groups excluding carboxylic acids is 1. The molecule has 0 atom stereocenters. The number of amides is 1. The molecule has 0 unspecified atom stereocenters. The molecule has 1 amide bonds. The lowest BCUT2D eigenvalue weighted by Crippen LogP contribution is -2.27. The fourth-order valence-corrected chi connectivity index (χ4v) is 3.93. The Morgan fingerprint density at radius 3 is 2.15 bits per heavy atom. The summed E-state index contributed by atoms with van der Waals surface area (Å²) in [6.07, 6.45) is 1.73. The van der Waals surface area contributed by atoms with E-state index in [-0.39, 0.29) is 11.7 Å². The summed E-state index contributed by atoms with van der Waals surface area (Å²) in [4.78, 5) is 14.7. The standard InChI is InChI=1S/C19H17NO5S2/c1-23-14-8-11(9-15(24-2)17(14)25-3)10-16-18(22)20(19(26)27-16)12-4-6-13(21)7-5-12/h4-10,21H,1-3H3/b16-10+. The second kappa shape index (κ2) is 7.89. The number of ether oxygens (including phenoxy) is 3. The largest absolute Gasteiger partial charge is 0.508 e. The molecule has 0 aliphatic carbocycles. The van der Waals surface area contributed by atoms with Gasteiger partial charge in [-0.25, -0.2) is 0 Å². The highest BCUT2D eigenvalue weighted by Crippen LogP contribution is 2.41. The van der Waals surface area contributed by atoms with Crippen LogP contribution in [-0.4, -0.2) is 36.7 Å². The van der Waals surface area contributed by atoms with Gasteiger partial charge in [0, 0.05) is 0 Å². The molecular weight excluding hydrogens is 386 g/mol. The normalized spacial score (nSPS) is 15.4. The van der Waals surface area contributed by atoms with Crippen molar-refractivity contribution in [1.29, 1.82) is 0 Å². The molecule has 2 aromatic rings. The van der Waals surface area contributed by atoms with Crippen LogP contribution < -0.4 is 19.1 Å². The van der Waals surface area contributed by atoms with Gasteiger partial charge in [0.15, 0.2) is 15.8 Å². The first-order chi connectivity index (χ1) is 13.0. The molecule has 1 aliphatic rings. The molecule has 0 bridgehead atoms. The van der Waals surface area contributed by atoms with E-state index in [4.69, 9.17) is 26.4 Å². The zero-order chi connectivity index (χ0) is 19.6. The summed E-state index contributed by atoms with van der Waals surface area (Å²) < 4.78 is 16.4. The number of hydrogen-bond acceptors (Lipinski definition) is 7. The van der Waals surface area contributed by atoms with Crippen molar-refractivity contribution in [3.8, 4) is 23.0 Å². The second-order valence-corrected chi connectivity index (χ2v) is 7.17. The van der Waals surface area contributed by atoms with Crippen molar-refractivity contribution in [2.75, 3.05) is 26.2 Å². The first-order valence-electron chi connectivity index (χ1n) is 7.85. The molecule has 1 fully saturated rings. The summed E-state index contributed by atoms with van der Waals surface area (Å²) in [5.74, 6) is 1.37. The Bertz CT molecular complexity index is 899. The molecule has 1 saturated heterocycles. The molecule has 0 saturated carbocycles. The summed E-state index contributed by atoms with van der Waals surface area (Å²) in [7, 11) is 4.60. The van der Waals surface area contributed by atoms with E-state index >= 15 is 0 Å². The number of phenolic OH excluding ortho intramolecular Hbond substituents is 1. The number of benzene rings is 2. The van der Waals surface area contributed by atoms with E-state index in [2.05, 4.69) is 0 Å². The van der Waals surface area contributed by atoms with Crippen molar-refractivity contribution >= 4 is 46.0 Å². The van der Waals surface area contributed by atoms with Crippen molar-refractivity contribution in [1.82, 2.24) is 0 Å². The predicted molar refractivity (Wildman–Crippen MR) is 110 cm³/mol. The summed E-state index contributed by atoms with van der Waals surface area (Å²) >= 11 is 6.56. The maximum absolute atomic E-state index is 12.8. The maximum atomic E-state index is 12.8. The second-order valence-electron chi connectivity index (χ2n) is 5.49. The molecule has 8 heteroatoms.